The number of halogens is 2. The Morgan fingerprint density at radius 1 is 1.50 bits per heavy atom. The molecular weight excluding hydrogens is 205 g/mol. The van der Waals surface area contributed by atoms with Crippen molar-refractivity contribution in [1.29, 1.82) is 0 Å². The first-order chi connectivity index (χ1) is 6.33. The first-order valence-corrected chi connectivity index (χ1v) is 4.38. The molecule has 78 valence electrons. The quantitative estimate of drug-likeness (QED) is 0.821. The van der Waals surface area contributed by atoms with Gasteiger partial charge >= 0.3 is 0 Å². The molecule has 1 saturated heterocycles. The van der Waals surface area contributed by atoms with E-state index in [2.05, 4.69) is 5.32 Å². The molecule has 0 amide bonds. The number of rotatable bonds is 2. The van der Waals surface area contributed by atoms with Crippen LogP contribution in [0.1, 0.15) is 18.0 Å². The minimum atomic E-state index is -0.184. The Labute approximate surface area is 88.9 Å². The van der Waals surface area contributed by atoms with E-state index in [0.717, 1.165) is 13.0 Å². The normalized spacial score (nSPS) is 19.4. The summed E-state index contributed by atoms with van der Waals surface area (Å²) in [6.45, 7) is 0.960. The monoisotopic (exact) mass is 217 g/mol. The van der Waals surface area contributed by atoms with E-state index in [1.165, 1.54) is 6.07 Å². The standard InChI is InChI=1S/C10H12FNO.ClH/c1-13-9-4-2-3-7(11)10(9)8-5-6-12-8;/h2-4,8,12H,5-6H2,1H3;1H/t8-;/m0./s1. The predicted octanol–water partition coefficient (Wildman–Crippen LogP) is 2.29. The second kappa shape index (κ2) is 4.62. The molecule has 0 aliphatic carbocycles. The van der Waals surface area contributed by atoms with Gasteiger partial charge in [0.1, 0.15) is 11.6 Å². The maximum Gasteiger partial charge on any atom is 0.131 e. The Balaban J connectivity index is 0.000000980. The predicted molar refractivity (Wildman–Crippen MR) is 55.6 cm³/mol. The molecule has 0 spiro atoms. The van der Waals surface area contributed by atoms with E-state index in [0.29, 0.717) is 11.3 Å². The van der Waals surface area contributed by atoms with E-state index < -0.39 is 0 Å². The lowest BCUT2D eigenvalue weighted by Crippen LogP contribution is -2.35. The molecule has 14 heavy (non-hydrogen) atoms. The van der Waals surface area contributed by atoms with Crippen molar-refractivity contribution >= 4 is 12.4 Å². The fourth-order valence-corrected chi connectivity index (χ4v) is 1.57. The van der Waals surface area contributed by atoms with Crippen molar-refractivity contribution in [2.75, 3.05) is 13.7 Å². The number of ether oxygens (including phenoxy) is 1. The van der Waals surface area contributed by atoms with E-state index >= 15 is 0 Å². The van der Waals surface area contributed by atoms with Crippen molar-refractivity contribution in [2.45, 2.75) is 12.5 Å². The van der Waals surface area contributed by atoms with Crippen molar-refractivity contribution in [3.8, 4) is 5.75 Å². The third-order valence-corrected chi connectivity index (χ3v) is 2.41. The van der Waals surface area contributed by atoms with Gasteiger partial charge in [-0.3, -0.25) is 0 Å². The van der Waals surface area contributed by atoms with Crippen molar-refractivity contribution in [3.63, 3.8) is 0 Å². The van der Waals surface area contributed by atoms with Crippen LogP contribution in [0.2, 0.25) is 0 Å². The molecular formula is C10H13ClFNO. The van der Waals surface area contributed by atoms with E-state index in [1.807, 2.05) is 0 Å². The Morgan fingerprint density at radius 2 is 2.21 bits per heavy atom. The van der Waals surface area contributed by atoms with E-state index in [4.69, 9.17) is 4.74 Å². The lowest BCUT2D eigenvalue weighted by Gasteiger charge is -2.29. The molecule has 4 heteroatoms. The molecule has 1 aliphatic rings. The zero-order valence-corrected chi connectivity index (χ0v) is 8.73. The summed E-state index contributed by atoms with van der Waals surface area (Å²) >= 11 is 0. The molecule has 1 aliphatic heterocycles. The summed E-state index contributed by atoms with van der Waals surface area (Å²) < 4.78 is 18.5. The molecule has 1 N–H and O–H groups in total. The summed E-state index contributed by atoms with van der Waals surface area (Å²) in [6, 6.07) is 5.06. The van der Waals surface area contributed by atoms with Crippen LogP contribution >= 0.6 is 12.4 Å². The topological polar surface area (TPSA) is 21.3 Å². The molecule has 2 rings (SSSR count). The van der Waals surface area contributed by atoms with Crippen LogP contribution in [0.15, 0.2) is 18.2 Å². The second-order valence-electron chi connectivity index (χ2n) is 3.15. The minimum absolute atomic E-state index is 0. The van der Waals surface area contributed by atoms with Crippen molar-refractivity contribution in [3.05, 3.63) is 29.6 Å². The first kappa shape index (κ1) is 11.3. The molecule has 1 atom stereocenters. The maximum atomic E-state index is 13.4. The van der Waals surface area contributed by atoms with Crippen LogP contribution in [0.4, 0.5) is 4.39 Å². The average molecular weight is 218 g/mol. The molecule has 1 heterocycles. The highest BCUT2D eigenvalue weighted by molar-refractivity contribution is 5.85. The van der Waals surface area contributed by atoms with Crippen molar-refractivity contribution < 1.29 is 9.13 Å². The van der Waals surface area contributed by atoms with Gasteiger partial charge in [0.25, 0.3) is 0 Å². The van der Waals surface area contributed by atoms with Gasteiger partial charge in [0.15, 0.2) is 0 Å². The largest absolute Gasteiger partial charge is 0.496 e. The van der Waals surface area contributed by atoms with E-state index in [9.17, 15) is 4.39 Å². The lowest BCUT2D eigenvalue weighted by atomic mass is 9.96. The zero-order valence-electron chi connectivity index (χ0n) is 7.92. The molecule has 1 aromatic rings. The van der Waals surface area contributed by atoms with Crippen LogP contribution in [0.3, 0.4) is 0 Å². The van der Waals surface area contributed by atoms with Gasteiger partial charge in [-0.15, -0.1) is 12.4 Å². The summed E-state index contributed by atoms with van der Waals surface area (Å²) in [5, 5.41) is 3.16. The Bertz CT molecular complexity index is 315. The van der Waals surface area contributed by atoms with Gasteiger partial charge in [0, 0.05) is 11.6 Å². The SMILES string of the molecule is COc1cccc(F)c1[C@@H]1CCN1.Cl. The second-order valence-corrected chi connectivity index (χ2v) is 3.15. The summed E-state index contributed by atoms with van der Waals surface area (Å²) in [7, 11) is 1.57. The summed E-state index contributed by atoms with van der Waals surface area (Å²) in [4.78, 5) is 0. The highest BCUT2D eigenvalue weighted by Crippen LogP contribution is 2.32. The van der Waals surface area contributed by atoms with Gasteiger partial charge in [-0.25, -0.2) is 4.39 Å². The van der Waals surface area contributed by atoms with Gasteiger partial charge < -0.3 is 10.1 Å². The maximum absolute atomic E-state index is 13.4. The van der Waals surface area contributed by atoms with Crippen molar-refractivity contribution in [1.82, 2.24) is 5.32 Å². The highest BCUT2D eigenvalue weighted by Gasteiger charge is 2.24. The highest BCUT2D eigenvalue weighted by atomic mass is 35.5. The summed E-state index contributed by atoms with van der Waals surface area (Å²) in [5.74, 6) is 0.453. The fraction of sp³-hybridized carbons (Fsp3) is 0.400. The molecule has 0 saturated carbocycles. The Morgan fingerprint density at radius 3 is 2.71 bits per heavy atom. The molecule has 0 bridgehead atoms. The fourth-order valence-electron chi connectivity index (χ4n) is 1.57. The Kier molecular flexibility index (Phi) is 3.72. The van der Waals surface area contributed by atoms with Gasteiger partial charge in [-0.1, -0.05) is 6.07 Å². The molecule has 2 nitrogen and oxygen atoms in total. The van der Waals surface area contributed by atoms with Crippen LogP contribution in [0.5, 0.6) is 5.75 Å². The van der Waals surface area contributed by atoms with E-state index in [-0.39, 0.29) is 24.3 Å². The van der Waals surface area contributed by atoms with Gasteiger partial charge in [-0.05, 0) is 25.1 Å². The van der Waals surface area contributed by atoms with Crippen LogP contribution in [-0.4, -0.2) is 13.7 Å². The first-order valence-electron chi connectivity index (χ1n) is 4.38. The van der Waals surface area contributed by atoms with Crippen LogP contribution in [0.25, 0.3) is 0 Å². The number of hydrogen-bond acceptors (Lipinski definition) is 2. The number of methoxy groups -OCH3 is 1. The summed E-state index contributed by atoms with van der Waals surface area (Å²) in [5.41, 5.74) is 0.663. The third-order valence-electron chi connectivity index (χ3n) is 2.41. The Hall–Kier alpha value is -0.800. The summed E-state index contributed by atoms with van der Waals surface area (Å²) in [6.07, 6.45) is 0.983. The molecule has 0 aromatic heterocycles. The van der Waals surface area contributed by atoms with Crippen molar-refractivity contribution in [2.24, 2.45) is 0 Å². The lowest BCUT2D eigenvalue weighted by molar-refractivity contribution is 0.341. The van der Waals surface area contributed by atoms with Crippen LogP contribution in [0, 0.1) is 5.82 Å². The van der Waals surface area contributed by atoms with E-state index in [1.54, 1.807) is 19.2 Å². The van der Waals surface area contributed by atoms with Gasteiger partial charge in [0.2, 0.25) is 0 Å². The number of benzene rings is 1. The van der Waals surface area contributed by atoms with Crippen LogP contribution < -0.4 is 10.1 Å². The van der Waals surface area contributed by atoms with Gasteiger partial charge in [0.05, 0.1) is 7.11 Å². The molecule has 1 fully saturated rings. The third kappa shape index (κ3) is 1.83. The van der Waals surface area contributed by atoms with Crippen LogP contribution in [-0.2, 0) is 0 Å². The van der Waals surface area contributed by atoms with Gasteiger partial charge in [-0.2, -0.15) is 0 Å². The number of nitrogens with one attached hydrogen (secondary N) is 1. The average Bonchev–Trinajstić information content (AvgIpc) is 2.05. The molecule has 0 radical (unpaired) electrons. The number of hydrogen-bond donors (Lipinski definition) is 1. The minimum Gasteiger partial charge on any atom is -0.496 e. The molecule has 0 unspecified atom stereocenters. The molecule has 1 aromatic carbocycles. The zero-order chi connectivity index (χ0) is 9.26. The smallest absolute Gasteiger partial charge is 0.131 e.